The topological polar surface area (TPSA) is 87.4 Å². The van der Waals surface area contributed by atoms with Crippen LogP contribution in [-0.2, 0) is 13.0 Å². The highest BCUT2D eigenvalue weighted by molar-refractivity contribution is 9.10. The van der Waals surface area contributed by atoms with Crippen LogP contribution in [0.5, 0.6) is 0 Å². The molecule has 2 bridgehead atoms. The number of piperazine rings is 1. The van der Waals surface area contributed by atoms with Crippen LogP contribution in [0.15, 0.2) is 81.3 Å². The number of halogens is 3. The minimum atomic E-state index is -2.47. The molecule has 8 rings (SSSR count). The van der Waals surface area contributed by atoms with Crippen LogP contribution in [0.3, 0.4) is 0 Å². The van der Waals surface area contributed by atoms with Crippen molar-refractivity contribution in [1.29, 1.82) is 0 Å². The molecule has 3 saturated carbocycles. The third kappa shape index (κ3) is 6.39. The molecule has 1 unspecified atom stereocenters. The van der Waals surface area contributed by atoms with Gasteiger partial charge in [-0.05, 0) is 90.5 Å². The molecule has 252 valence electrons. The van der Waals surface area contributed by atoms with E-state index in [0.717, 1.165) is 22.0 Å². The van der Waals surface area contributed by atoms with Crippen molar-refractivity contribution >= 4 is 38.5 Å². The summed E-state index contributed by atoms with van der Waals surface area (Å²) in [5.41, 5.74) is 3.30. The quantitative estimate of drug-likeness (QED) is 0.161. The summed E-state index contributed by atoms with van der Waals surface area (Å²) < 4.78 is 30.4. The summed E-state index contributed by atoms with van der Waals surface area (Å²) in [4.78, 5) is 30.6. The second-order valence-electron chi connectivity index (χ2n) is 14.2. The third-order valence-electron chi connectivity index (χ3n) is 11.1. The lowest BCUT2D eigenvalue weighted by Gasteiger charge is -2.61. The molecular weight excluding hydrogens is 676 g/mol. The Balaban J connectivity index is 1.23. The summed E-state index contributed by atoms with van der Waals surface area (Å²) in [6, 6.07) is 16.5. The highest BCUT2D eigenvalue weighted by Crippen LogP contribution is 2.61. The smallest absolute Gasteiger partial charge is 0.261 e. The van der Waals surface area contributed by atoms with E-state index in [1.54, 1.807) is 23.0 Å². The number of guanidine groups is 1. The predicted molar refractivity (Wildman–Crippen MR) is 190 cm³/mol. The molecule has 2 aromatic heterocycles. The van der Waals surface area contributed by atoms with E-state index in [-0.39, 0.29) is 18.1 Å². The Morgan fingerprint density at radius 3 is 2.69 bits per heavy atom. The lowest BCUT2D eigenvalue weighted by Crippen LogP contribution is -2.58. The van der Waals surface area contributed by atoms with Crippen molar-refractivity contribution in [3.05, 3.63) is 87.4 Å². The normalized spacial score (nSPS) is 25.3. The van der Waals surface area contributed by atoms with E-state index in [4.69, 9.17) is 9.98 Å². The van der Waals surface area contributed by atoms with Crippen molar-refractivity contribution < 1.29 is 8.78 Å². The number of pyridine rings is 1. The van der Waals surface area contributed by atoms with Gasteiger partial charge in [0, 0.05) is 54.3 Å². The fraction of sp³-hybridized carbons (Fsp3) is 0.459. The van der Waals surface area contributed by atoms with E-state index in [1.165, 1.54) is 6.42 Å². The van der Waals surface area contributed by atoms with Gasteiger partial charge in [0.05, 0.1) is 23.0 Å². The second kappa shape index (κ2) is 13.3. The van der Waals surface area contributed by atoms with Crippen LogP contribution >= 0.6 is 15.9 Å². The number of anilines is 1. The van der Waals surface area contributed by atoms with Crippen molar-refractivity contribution in [1.82, 2.24) is 24.8 Å². The summed E-state index contributed by atoms with van der Waals surface area (Å²) in [6.45, 7) is 8.63. The highest BCUT2D eigenvalue weighted by atomic mass is 79.9. The molecule has 0 spiro atoms. The van der Waals surface area contributed by atoms with E-state index in [2.05, 4.69) is 52.3 Å². The monoisotopic (exact) mass is 717 g/mol. The minimum Gasteiger partial charge on any atom is -0.340 e. The Hall–Kier alpha value is -3.70. The molecule has 3 heterocycles. The average Bonchev–Trinajstić information content (AvgIpc) is 3.09. The zero-order valence-electron chi connectivity index (χ0n) is 27.5. The molecule has 2 N–H and O–H groups in total. The van der Waals surface area contributed by atoms with E-state index >= 15 is 0 Å². The minimum absolute atomic E-state index is 0.109. The molecule has 8 nitrogen and oxygen atoms in total. The molecule has 4 fully saturated rings. The SMILES string of the molecule is C[C@@H]1C(N=C(Nc2ccc3c(=O)n(CCc4ccc(Br)cc4)c(-c4cccnc4)nc3c2)N2CCN[C@@H](C(F)F)C2)C[C@@H]2C[C@H]1C2(C)C. The van der Waals surface area contributed by atoms with Crippen molar-refractivity contribution in [2.24, 2.45) is 28.2 Å². The summed E-state index contributed by atoms with van der Waals surface area (Å²) in [5, 5.41) is 6.96. The van der Waals surface area contributed by atoms with Gasteiger partial charge in [-0.3, -0.25) is 14.3 Å². The van der Waals surface area contributed by atoms with Gasteiger partial charge in [0.1, 0.15) is 5.82 Å². The number of fused-ring (bicyclic) bond motifs is 3. The summed E-state index contributed by atoms with van der Waals surface area (Å²) in [5.74, 6) is 2.76. The maximum absolute atomic E-state index is 14.0. The molecule has 1 aliphatic heterocycles. The number of alkyl halides is 2. The van der Waals surface area contributed by atoms with Crippen molar-refractivity contribution in [3.63, 3.8) is 0 Å². The molecule has 0 amide bonds. The largest absolute Gasteiger partial charge is 0.340 e. The van der Waals surface area contributed by atoms with Crippen molar-refractivity contribution in [2.75, 3.05) is 25.0 Å². The van der Waals surface area contributed by atoms with Crippen molar-refractivity contribution in [3.8, 4) is 11.4 Å². The van der Waals surface area contributed by atoms with Crippen LogP contribution in [0.4, 0.5) is 14.5 Å². The fourth-order valence-corrected chi connectivity index (χ4v) is 8.29. The Kier molecular flexibility index (Phi) is 9.10. The van der Waals surface area contributed by atoms with Crippen molar-refractivity contribution in [2.45, 2.75) is 65.1 Å². The molecule has 48 heavy (non-hydrogen) atoms. The summed E-state index contributed by atoms with van der Waals surface area (Å²) in [7, 11) is 0. The molecule has 3 aliphatic carbocycles. The van der Waals surface area contributed by atoms with E-state index in [9.17, 15) is 13.6 Å². The average molecular weight is 719 g/mol. The molecule has 11 heteroatoms. The Morgan fingerprint density at radius 2 is 1.98 bits per heavy atom. The summed E-state index contributed by atoms with van der Waals surface area (Å²) >= 11 is 3.49. The molecule has 4 aliphatic rings. The molecule has 1 saturated heterocycles. The van der Waals surface area contributed by atoms with Gasteiger partial charge in [-0.15, -0.1) is 0 Å². The number of hydrogen-bond donors (Lipinski definition) is 2. The van der Waals surface area contributed by atoms with Gasteiger partial charge >= 0.3 is 0 Å². The first-order valence-electron chi connectivity index (χ1n) is 16.9. The lowest BCUT2D eigenvalue weighted by atomic mass is 9.45. The Morgan fingerprint density at radius 1 is 1.17 bits per heavy atom. The third-order valence-corrected chi connectivity index (χ3v) is 11.6. The molecular formula is C37H42BrF2N7O. The zero-order chi connectivity index (χ0) is 33.6. The molecule has 2 aromatic carbocycles. The number of hydrogen-bond acceptors (Lipinski definition) is 5. The van der Waals surface area contributed by atoms with Crippen LogP contribution in [0, 0.1) is 23.2 Å². The number of benzene rings is 2. The van der Waals surface area contributed by atoms with Crippen LogP contribution < -0.4 is 16.2 Å². The van der Waals surface area contributed by atoms with Gasteiger partial charge in [-0.2, -0.15) is 0 Å². The van der Waals surface area contributed by atoms with Crippen LogP contribution in [-0.4, -0.2) is 63.5 Å². The Labute approximate surface area is 288 Å². The first-order valence-corrected chi connectivity index (χ1v) is 17.7. The van der Waals surface area contributed by atoms with Crippen LogP contribution in [0.25, 0.3) is 22.3 Å². The highest BCUT2D eigenvalue weighted by Gasteiger charge is 2.56. The number of nitrogens with zero attached hydrogens (tertiary/aromatic N) is 5. The van der Waals surface area contributed by atoms with Gasteiger partial charge in [0.25, 0.3) is 12.0 Å². The van der Waals surface area contributed by atoms with Gasteiger partial charge in [0.15, 0.2) is 5.96 Å². The standard InChI is InChI=1S/C37H42BrF2N7O/c1-22-29-17-25(37(29,2)3)18-30(22)45-36(46-16-14-42-32(21-46)33(39)40)43-27-10-11-28-31(19-27)44-34(24-5-4-13-41-20-24)47(35(28)48)15-12-23-6-8-26(38)9-7-23/h4-11,13,19-20,22,25,29-30,32-33,42H,12,14-18,21H2,1-3H3,(H,43,45)/t22-,25-,29+,30?,32+/m0/s1. The second-order valence-corrected chi connectivity index (χ2v) is 15.1. The van der Waals surface area contributed by atoms with E-state index in [0.29, 0.717) is 77.6 Å². The zero-order valence-corrected chi connectivity index (χ0v) is 29.1. The van der Waals surface area contributed by atoms with Gasteiger partial charge < -0.3 is 15.5 Å². The van der Waals surface area contributed by atoms with Gasteiger partial charge in [-0.25, -0.2) is 18.8 Å². The number of aliphatic imine (C=N–C) groups is 1. The Bertz CT molecular complexity index is 1860. The molecule has 0 radical (unpaired) electrons. The van der Waals surface area contributed by atoms with E-state index < -0.39 is 12.5 Å². The van der Waals surface area contributed by atoms with Crippen LogP contribution in [0.2, 0.25) is 0 Å². The number of aryl methyl sites for hydroxylation is 1. The van der Waals surface area contributed by atoms with Gasteiger partial charge in [0.2, 0.25) is 0 Å². The first kappa shape index (κ1) is 32.8. The maximum Gasteiger partial charge on any atom is 0.261 e. The maximum atomic E-state index is 14.0. The molecule has 4 aromatic rings. The molecule has 5 atom stereocenters. The fourth-order valence-electron chi connectivity index (χ4n) is 8.03. The van der Waals surface area contributed by atoms with E-state index in [1.807, 2.05) is 53.4 Å². The number of nitrogens with one attached hydrogen (secondary N) is 2. The number of aromatic nitrogens is 3. The predicted octanol–water partition coefficient (Wildman–Crippen LogP) is 6.84. The lowest BCUT2D eigenvalue weighted by molar-refractivity contribution is -0.108. The first-order chi connectivity index (χ1) is 23.1. The number of rotatable bonds is 7. The summed E-state index contributed by atoms with van der Waals surface area (Å²) in [6.07, 6.45) is 3.84. The van der Waals surface area contributed by atoms with Gasteiger partial charge in [-0.1, -0.05) is 48.8 Å². The van der Waals surface area contributed by atoms with Crippen LogP contribution in [0.1, 0.15) is 39.2 Å².